The molecule has 0 aliphatic rings. The summed E-state index contributed by atoms with van der Waals surface area (Å²) in [5, 5.41) is 8.75. The fraction of sp³-hybridized carbons (Fsp3) is 0.400. The summed E-state index contributed by atoms with van der Waals surface area (Å²) < 4.78 is 38.4. The topological polar surface area (TPSA) is 66.4 Å². The van der Waals surface area contributed by atoms with Gasteiger partial charge >= 0.3 is 0 Å². The standard InChI is InChI=1S/C10H14FNO3S/c1-8(6-13)7-16(14,15)12-10-5-3-2-4-9(10)11/h2-5,8,12-13H,6-7H2,1H3. The first-order valence-corrected chi connectivity index (χ1v) is 6.45. The van der Waals surface area contributed by atoms with E-state index in [9.17, 15) is 12.8 Å². The van der Waals surface area contributed by atoms with Crippen molar-refractivity contribution in [1.29, 1.82) is 0 Å². The highest BCUT2D eigenvalue weighted by molar-refractivity contribution is 7.92. The van der Waals surface area contributed by atoms with Crippen LogP contribution in [-0.2, 0) is 10.0 Å². The van der Waals surface area contributed by atoms with Crippen LogP contribution in [0.1, 0.15) is 6.92 Å². The second kappa shape index (κ2) is 5.27. The van der Waals surface area contributed by atoms with E-state index in [1.165, 1.54) is 24.3 Å². The summed E-state index contributed by atoms with van der Waals surface area (Å²) >= 11 is 0. The van der Waals surface area contributed by atoms with Crippen molar-refractivity contribution in [2.24, 2.45) is 5.92 Å². The van der Waals surface area contributed by atoms with Crippen molar-refractivity contribution in [1.82, 2.24) is 0 Å². The second-order valence-corrected chi connectivity index (χ2v) is 5.42. The van der Waals surface area contributed by atoms with E-state index in [4.69, 9.17) is 5.11 Å². The van der Waals surface area contributed by atoms with Crippen molar-refractivity contribution < 1.29 is 17.9 Å². The summed E-state index contributed by atoms with van der Waals surface area (Å²) in [5.74, 6) is -1.25. The number of anilines is 1. The Kier molecular flexibility index (Phi) is 4.26. The number of rotatable bonds is 5. The van der Waals surface area contributed by atoms with Crippen LogP contribution in [0.3, 0.4) is 0 Å². The zero-order valence-electron chi connectivity index (χ0n) is 8.85. The lowest BCUT2D eigenvalue weighted by atomic mass is 10.2. The Labute approximate surface area is 94.2 Å². The van der Waals surface area contributed by atoms with Crippen LogP contribution in [0.25, 0.3) is 0 Å². The van der Waals surface area contributed by atoms with Crippen LogP contribution in [0.2, 0.25) is 0 Å². The molecule has 2 N–H and O–H groups in total. The molecular weight excluding hydrogens is 233 g/mol. The Bertz CT molecular complexity index is 447. The molecular formula is C10H14FNO3S. The smallest absolute Gasteiger partial charge is 0.233 e. The first-order valence-electron chi connectivity index (χ1n) is 4.80. The summed E-state index contributed by atoms with van der Waals surface area (Å²) in [6, 6.07) is 5.53. The predicted octanol–water partition coefficient (Wildman–Crippen LogP) is 1.20. The molecule has 0 saturated heterocycles. The van der Waals surface area contributed by atoms with Crippen LogP contribution in [0.4, 0.5) is 10.1 Å². The molecule has 0 amide bonds. The van der Waals surface area contributed by atoms with Gasteiger partial charge in [0.1, 0.15) is 5.82 Å². The monoisotopic (exact) mass is 247 g/mol. The van der Waals surface area contributed by atoms with Gasteiger partial charge in [-0.1, -0.05) is 19.1 Å². The lowest BCUT2D eigenvalue weighted by molar-refractivity contribution is 0.249. The van der Waals surface area contributed by atoms with Gasteiger partial charge in [0.05, 0.1) is 11.4 Å². The van der Waals surface area contributed by atoms with Crippen molar-refractivity contribution in [3.8, 4) is 0 Å². The summed E-state index contributed by atoms with van der Waals surface area (Å²) in [5.41, 5.74) is -0.0763. The molecule has 4 nitrogen and oxygen atoms in total. The van der Waals surface area contributed by atoms with Gasteiger partial charge in [0, 0.05) is 6.61 Å². The molecule has 90 valence electrons. The molecule has 0 spiro atoms. The minimum absolute atomic E-state index is 0.0763. The fourth-order valence-electron chi connectivity index (χ4n) is 1.18. The second-order valence-electron chi connectivity index (χ2n) is 3.65. The Morgan fingerprint density at radius 1 is 1.44 bits per heavy atom. The van der Waals surface area contributed by atoms with Gasteiger partial charge in [-0.05, 0) is 18.1 Å². The Morgan fingerprint density at radius 2 is 2.06 bits per heavy atom. The maximum absolute atomic E-state index is 13.2. The molecule has 6 heteroatoms. The van der Waals surface area contributed by atoms with E-state index < -0.39 is 15.8 Å². The number of hydrogen-bond donors (Lipinski definition) is 2. The van der Waals surface area contributed by atoms with E-state index in [1.807, 2.05) is 0 Å². The molecule has 0 fully saturated rings. The van der Waals surface area contributed by atoms with Crippen molar-refractivity contribution >= 4 is 15.7 Å². The number of para-hydroxylation sites is 1. The van der Waals surface area contributed by atoms with Crippen molar-refractivity contribution in [3.63, 3.8) is 0 Å². The Balaban J connectivity index is 2.77. The van der Waals surface area contributed by atoms with Gasteiger partial charge in [0.15, 0.2) is 0 Å². The van der Waals surface area contributed by atoms with Gasteiger partial charge in [-0.2, -0.15) is 0 Å². The molecule has 0 radical (unpaired) electrons. The van der Waals surface area contributed by atoms with Crippen LogP contribution >= 0.6 is 0 Å². The van der Waals surface area contributed by atoms with Crippen molar-refractivity contribution in [2.75, 3.05) is 17.1 Å². The molecule has 1 aromatic carbocycles. The molecule has 1 rings (SSSR count). The van der Waals surface area contributed by atoms with Crippen molar-refractivity contribution in [2.45, 2.75) is 6.92 Å². The van der Waals surface area contributed by atoms with E-state index in [0.717, 1.165) is 0 Å². The first-order chi connectivity index (χ1) is 7.44. The maximum Gasteiger partial charge on any atom is 0.233 e. The zero-order valence-corrected chi connectivity index (χ0v) is 9.67. The Morgan fingerprint density at radius 3 is 2.62 bits per heavy atom. The van der Waals surface area contributed by atoms with Gasteiger partial charge in [-0.3, -0.25) is 4.72 Å². The lowest BCUT2D eigenvalue weighted by Crippen LogP contribution is -2.23. The molecule has 0 aliphatic carbocycles. The third-order valence-electron chi connectivity index (χ3n) is 1.95. The largest absolute Gasteiger partial charge is 0.396 e. The molecule has 1 atom stereocenters. The number of halogens is 1. The fourth-order valence-corrected chi connectivity index (χ4v) is 2.62. The highest BCUT2D eigenvalue weighted by Crippen LogP contribution is 2.15. The maximum atomic E-state index is 13.2. The molecule has 16 heavy (non-hydrogen) atoms. The van der Waals surface area contributed by atoms with Gasteiger partial charge in [0.2, 0.25) is 10.0 Å². The van der Waals surface area contributed by atoms with Gasteiger partial charge < -0.3 is 5.11 Å². The van der Waals surface area contributed by atoms with Crippen LogP contribution < -0.4 is 4.72 Å². The minimum atomic E-state index is -3.62. The molecule has 0 bridgehead atoms. The Hall–Kier alpha value is -1.14. The zero-order chi connectivity index (χ0) is 12.2. The average molecular weight is 247 g/mol. The van der Waals surface area contributed by atoms with Crippen LogP contribution in [0.15, 0.2) is 24.3 Å². The van der Waals surface area contributed by atoms with Crippen molar-refractivity contribution in [3.05, 3.63) is 30.1 Å². The summed E-state index contributed by atoms with van der Waals surface area (Å²) in [7, 11) is -3.62. The number of aliphatic hydroxyl groups is 1. The SMILES string of the molecule is CC(CO)CS(=O)(=O)Nc1ccccc1F. The van der Waals surface area contributed by atoms with Gasteiger partial charge in [-0.15, -0.1) is 0 Å². The predicted molar refractivity (Wildman–Crippen MR) is 60.1 cm³/mol. The summed E-state index contributed by atoms with van der Waals surface area (Å²) in [4.78, 5) is 0. The summed E-state index contributed by atoms with van der Waals surface area (Å²) in [6.45, 7) is 1.37. The van der Waals surface area contributed by atoms with E-state index in [1.54, 1.807) is 6.92 Å². The minimum Gasteiger partial charge on any atom is -0.396 e. The molecule has 0 saturated carbocycles. The van der Waals surface area contributed by atoms with E-state index in [-0.39, 0.29) is 24.0 Å². The quantitative estimate of drug-likeness (QED) is 0.821. The molecule has 0 aliphatic heterocycles. The molecule has 0 aromatic heterocycles. The number of nitrogens with one attached hydrogen (secondary N) is 1. The van der Waals surface area contributed by atoms with Crippen LogP contribution in [0, 0.1) is 11.7 Å². The first kappa shape index (κ1) is 12.9. The third kappa shape index (κ3) is 3.79. The number of aliphatic hydroxyl groups excluding tert-OH is 1. The van der Waals surface area contributed by atoms with Crippen LogP contribution in [0.5, 0.6) is 0 Å². The lowest BCUT2D eigenvalue weighted by Gasteiger charge is -2.11. The van der Waals surface area contributed by atoms with E-state index in [0.29, 0.717) is 0 Å². The highest BCUT2D eigenvalue weighted by atomic mass is 32.2. The number of sulfonamides is 1. The molecule has 1 aromatic rings. The van der Waals surface area contributed by atoms with Gasteiger partial charge in [0.25, 0.3) is 0 Å². The average Bonchev–Trinajstić information content (AvgIpc) is 2.20. The number of benzene rings is 1. The molecule has 0 heterocycles. The number of hydrogen-bond acceptors (Lipinski definition) is 3. The van der Waals surface area contributed by atoms with Crippen LogP contribution in [-0.4, -0.2) is 25.9 Å². The third-order valence-corrected chi connectivity index (χ3v) is 3.49. The highest BCUT2D eigenvalue weighted by Gasteiger charge is 2.16. The van der Waals surface area contributed by atoms with E-state index >= 15 is 0 Å². The molecule has 1 unspecified atom stereocenters. The van der Waals surface area contributed by atoms with Gasteiger partial charge in [-0.25, -0.2) is 12.8 Å². The summed E-state index contributed by atoms with van der Waals surface area (Å²) in [6.07, 6.45) is 0. The van der Waals surface area contributed by atoms with E-state index in [2.05, 4.69) is 4.72 Å². The normalized spacial score (nSPS) is 13.4.